The van der Waals surface area contributed by atoms with E-state index < -0.39 is 10.0 Å². The van der Waals surface area contributed by atoms with E-state index in [0.29, 0.717) is 38.0 Å². The molecule has 0 N–H and O–H groups in total. The van der Waals surface area contributed by atoms with Crippen LogP contribution < -0.4 is 0 Å². The van der Waals surface area contributed by atoms with Crippen LogP contribution >= 0.6 is 0 Å². The second kappa shape index (κ2) is 9.31. The molecule has 34 heavy (non-hydrogen) atoms. The Bertz CT molecular complexity index is 1320. The topological polar surface area (TPSA) is 57.7 Å². The molecule has 5 nitrogen and oxygen atoms in total. The van der Waals surface area contributed by atoms with Gasteiger partial charge >= 0.3 is 0 Å². The molecule has 1 atom stereocenters. The molecule has 1 fully saturated rings. The van der Waals surface area contributed by atoms with E-state index in [4.69, 9.17) is 0 Å². The summed E-state index contributed by atoms with van der Waals surface area (Å²) in [6.07, 6.45) is 2.96. The van der Waals surface area contributed by atoms with Crippen molar-refractivity contribution in [1.29, 1.82) is 0 Å². The minimum Gasteiger partial charge on any atom is -0.335 e. The summed E-state index contributed by atoms with van der Waals surface area (Å²) in [6.45, 7) is 1.36. The van der Waals surface area contributed by atoms with Gasteiger partial charge < -0.3 is 4.90 Å². The van der Waals surface area contributed by atoms with Gasteiger partial charge in [0.15, 0.2) is 0 Å². The maximum Gasteiger partial charge on any atom is 0.254 e. The first-order chi connectivity index (χ1) is 16.4. The summed E-state index contributed by atoms with van der Waals surface area (Å²) >= 11 is 0. The van der Waals surface area contributed by atoms with Crippen molar-refractivity contribution in [3.63, 3.8) is 0 Å². The number of hydrogen-bond donors (Lipinski definition) is 0. The van der Waals surface area contributed by atoms with Gasteiger partial charge in [-0.2, -0.15) is 4.31 Å². The molecule has 1 amide bonds. The Morgan fingerprint density at radius 1 is 0.941 bits per heavy atom. The number of rotatable bonds is 5. The van der Waals surface area contributed by atoms with Gasteiger partial charge in [0.2, 0.25) is 10.0 Å². The summed E-state index contributed by atoms with van der Waals surface area (Å²) in [7, 11) is -3.73. The molecule has 2 aliphatic heterocycles. The molecule has 7 heteroatoms. The zero-order valence-corrected chi connectivity index (χ0v) is 19.7. The van der Waals surface area contributed by atoms with Crippen LogP contribution in [0.5, 0.6) is 0 Å². The van der Waals surface area contributed by atoms with Crippen LogP contribution in [0.25, 0.3) is 0 Å². The zero-order valence-electron chi connectivity index (χ0n) is 18.9. The fourth-order valence-corrected chi connectivity index (χ4v) is 6.50. The normalized spacial score (nSPS) is 18.6. The Morgan fingerprint density at radius 3 is 2.56 bits per heavy atom. The standard InChI is InChI=1S/C27H27FN2O3S/c28-24-10-3-6-20(16-24)17-25-11-5-14-30(25)27(31)22-9-4-12-26(18-22)34(32,33)29-15-13-21-7-1-2-8-23(21)19-29/h1-4,6-10,12,16,18,25H,5,11,13-15,17,19H2. The quantitative estimate of drug-likeness (QED) is 0.546. The van der Waals surface area contributed by atoms with E-state index in [2.05, 4.69) is 0 Å². The Kier molecular flexibility index (Phi) is 6.23. The number of fused-ring (bicyclic) bond motifs is 1. The van der Waals surface area contributed by atoms with E-state index >= 15 is 0 Å². The second-order valence-corrected chi connectivity index (χ2v) is 11.0. The van der Waals surface area contributed by atoms with Crippen LogP contribution in [0.2, 0.25) is 0 Å². The Morgan fingerprint density at radius 2 is 1.74 bits per heavy atom. The summed E-state index contributed by atoms with van der Waals surface area (Å²) < 4.78 is 41.9. The van der Waals surface area contributed by atoms with Gasteiger partial charge in [-0.1, -0.05) is 42.5 Å². The highest BCUT2D eigenvalue weighted by Gasteiger charge is 2.32. The molecule has 0 aliphatic carbocycles. The number of sulfonamides is 1. The van der Waals surface area contributed by atoms with Crippen molar-refractivity contribution < 1.29 is 17.6 Å². The Balaban J connectivity index is 1.35. The maximum atomic E-state index is 13.6. The molecule has 0 radical (unpaired) electrons. The largest absolute Gasteiger partial charge is 0.335 e. The number of hydrogen-bond acceptors (Lipinski definition) is 3. The number of carbonyl (C=O) groups is 1. The SMILES string of the molecule is O=C(c1cccc(S(=O)(=O)N2CCc3ccccc3C2)c1)N1CCCC1Cc1cccc(F)c1. The Hall–Kier alpha value is -3.03. The predicted octanol–water partition coefficient (Wildman–Crippen LogP) is 4.42. The smallest absolute Gasteiger partial charge is 0.254 e. The number of amides is 1. The van der Waals surface area contributed by atoms with Gasteiger partial charge in [0.25, 0.3) is 5.91 Å². The molecule has 0 aromatic heterocycles. The van der Waals surface area contributed by atoms with E-state index in [1.165, 1.54) is 28.1 Å². The second-order valence-electron chi connectivity index (χ2n) is 9.01. The van der Waals surface area contributed by atoms with E-state index in [9.17, 15) is 17.6 Å². The van der Waals surface area contributed by atoms with Gasteiger partial charge in [-0.05, 0) is 72.7 Å². The third-order valence-corrected chi connectivity index (χ3v) is 8.65. The van der Waals surface area contributed by atoms with E-state index in [1.54, 1.807) is 29.2 Å². The van der Waals surface area contributed by atoms with Crippen molar-refractivity contribution in [2.24, 2.45) is 0 Å². The maximum absolute atomic E-state index is 13.6. The Labute approximate surface area is 199 Å². The molecule has 0 bridgehead atoms. The molecule has 0 saturated carbocycles. The number of carbonyl (C=O) groups excluding carboxylic acids is 1. The summed E-state index contributed by atoms with van der Waals surface area (Å²) in [4.78, 5) is 15.3. The molecule has 2 heterocycles. The van der Waals surface area contributed by atoms with Crippen molar-refractivity contribution in [2.75, 3.05) is 13.1 Å². The number of benzene rings is 3. The van der Waals surface area contributed by atoms with Crippen molar-refractivity contribution in [2.45, 2.75) is 43.2 Å². The summed E-state index contributed by atoms with van der Waals surface area (Å²) in [6, 6.07) is 20.7. The van der Waals surface area contributed by atoms with E-state index in [0.717, 1.165) is 24.0 Å². The van der Waals surface area contributed by atoms with Gasteiger partial charge in [0.1, 0.15) is 5.82 Å². The first kappa shape index (κ1) is 22.7. The van der Waals surface area contributed by atoms with E-state index in [1.807, 2.05) is 30.3 Å². The summed E-state index contributed by atoms with van der Waals surface area (Å²) in [5.41, 5.74) is 3.41. The third kappa shape index (κ3) is 4.50. The summed E-state index contributed by atoms with van der Waals surface area (Å²) in [5.74, 6) is -0.466. The first-order valence-electron chi connectivity index (χ1n) is 11.6. The van der Waals surface area contributed by atoms with Gasteiger partial charge in [0.05, 0.1) is 4.90 Å². The highest BCUT2D eigenvalue weighted by atomic mass is 32.2. The number of nitrogens with zero attached hydrogens (tertiary/aromatic N) is 2. The molecular weight excluding hydrogens is 451 g/mol. The first-order valence-corrected chi connectivity index (χ1v) is 13.1. The van der Waals surface area contributed by atoms with Crippen LogP contribution in [-0.2, 0) is 29.4 Å². The highest BCUT2D eigenvalue weighted by molar-refractivity contribution is 7.89. The lowest BCUT2D eigenvalue weighted by Gasteiger charge is -2.28. The fraction of sp³-hybridized carbons (Fsp3) is 0.296. The van der Waals surface area contributed by atoms with Crippen LogP contribution in [0.4, 0.5) is 4.39 Å². The van der Waals surface area contributed by atoms with Crippen LogP contribution in [-0.4, -0.2) is 42.7 Å². The average Bonchev–Trinajstić information content (AvgIpc) is 3.31. The lowest BCUT2D eigenvalue weighted by Crippen LogP contribution is -2.37. The van der Waals surface area contributed by atoms with Crippen LogP contribution in [0, 0.1) is 5.82 Å². The van der Waals surface area contributed by atoms with Gasteiger partial charge in [-0.3, -0.25) is 4.79 Å². The molecule has 5 rings (SSSR count). The predicted molar refractivity (Wildman–Crippen MR) is 128 cm³/mol. The summed E-state index contributed by atoms with van der Waals surface area (Å²) in [5, 5.41) is 0. The van der Waals surface area contributed by atoms with Crippen LogP contribution in [0.3, 0.4) is 0 Å². The van der Waals surface area contributed by atoms with Crippen LogP contribution in [0.15, 0.2) is 77.7 Å². The molecular formula is C27H27FN2O3S. The highest BCUT2D eigenvalue weighted by Crippen LogP contribution is 2.27. The minimum atomic E-state index is -3.73. The fourth-order valence-electron chi connectivity index (χ4n) is 5.03. The number of likely N-dealkylation sites (tertiary alicyclic amines) is 1. The van der Waals surface area contributed by atoms with Gasteiger partial charge in [-0.15, -0.1) is 0 Å². The number of halogens is 1. The van der Waals surface area contributed by atoms with Gasteiger partial charge in [0, 0.05) is 31.2 Å². The third-order valence-electron chi connectivity index (χ3n) is 6.81. The van der Waals surface area contributed by atoms with Gasteiger partial charge in [-0.25, -0.2) is 12.8 Å². The molecule has 2 aliphatic rings. The molecule has 0 spiro atoms. The van der Waals surface area contributed by atoms with Crippen LogP contribution in [0.1, 0.15) is 39.9 Å². The van der Waals surface area contributed by atoms with Crippen molar-refractivity contribution in [3.05, 3.63) is 101 Å². The minimum absolute atomic E-state index is 0.0341. The van der Waals surface area contributed by atoms with E-state index in [-0.39, 0.29) is 22.7 Å². The van der Waals surface area contributed by atoms with Crippen molar-refractivity contribution >= 4 is 15.9 Å². The average molecular weight is 479 g/mol. The van der Waals surface area contributed by atoms with Crippen molar-refractivity contribution in [1.82, 2.24) is 9.21 Å². The lowest BCUT2D eigenvalue weighted by atomic mass is 10.0. The molecule has 1 unspecified atom stereocenters. The monoisotopic (exact) mass is 478 g/mol. The molecule has 3 aromatic carbocycles. The molecule has 1 saturated heterocycles. The van der Waals surface area contributed by atoms with Crippen molar-refractivity contribution in [3.8, 4) is 0 Å². The molecule has 3 aromatic rings. The lowest BCUT2D eigenvalue weighted by molar-refractivity contribution is 0.0736. The molecule has 176 valence electrons. The zero-order chi connectivity index (χ0) is 23.7.